The number of nitrogens with one attached hydrogen (secondary N) is 1. The summed E-state index contributed by atoms with van der Waals surface area (Å²) in [6, 6.07) is 5.21. The first-order chi connectivity index (χ1) is 8.70. The van der Waals surface area contributed by atoms with Crippen LogP contribution >= 0.6 is 0 Å². The smallest absolute Gasteiger partial charge is 0.0377 e. The number of piperazine rings is 1. The summed E-state index contributed by atoms with van der Waals surface area (Å²) in [4.78, 5) is 9.08. The van der Waals surface area contributed by atoms with Gasteiger partial charge in [0.1, 0.15) is 0 Å². The van der Waals surface area contributed by atoms with E-state index in [4.69, 9.17) is 0 Å². The van der Waals surface area contributed by atoms with Crippen LogP contribution in [-0.4, -0.2) is 67.6 Å². The van der Waals surface area contributed by atoms with Gasteiger partial charge in [0.25, 0.3) is 0 Å². The predicted octanol–water partition coefficient (Wildman–Crippen LogP) is 0.458. The van der Waals surface area contributed by atoms with Crippen molar-refractivity contribution in [3.63, 3.8) is 0 Å². The van der Waals surface area contributed by atoms with E-state index in [9.17, 15) is 0 Å². The summed E-state index contributed by atoms with van der Waals surface area (Å²) in [5.41, 5.74) is 1.30. The maximum Gasteiger partial charge on any atom is 0.0377 e. The molecule has 0 spiro atoms. The topological polar surface area (TPSA) is 31.4 Å². The molecule has 0 amide bonds. The highest BCUT2D eigenvalue weighted by Gasteiger charge is 2.28. The number of nitrogens with zero attached hydrogens (tertiary/aromatic N) is 3. The minimum Gasteiger partial charge on any atom is -0.315 e. The molecule has 4 nitrogen and oxygen atoms in total. The van der Waals surface area contributed by atoms with Crippen LogP contribution in [-0.2, 0) is 6.42 Å². The van der Waals surface area contributed by atoms with Crippen LogP contribution in [0.15, 0.2) is 24.5 Å². The number of rotatable bonds is 4. The summed E-state index contributed by atoms with van der Waals surface area (Å²) in [5, 5.41) is 3.48. The molecule has 0 radical (unpaired) electrons. The van der Waals surface area contributed by atoms with Gasteiger partial charge in [0.2, 0.25) is 0 Å². The quantitative estimate of drug-likeness (QED) is 0.839. The Morgan fingerprint density at radius 1 is 1.44 bits per heavy atom. The Hall–Kier alpha value is -0.970. The molecule has 100 valence electrons. The van der Waals surface area contributed by atoms with Gasteiger partial charge in [-0.3, -0.25) is 9.88 Å². The Balaban J connectivity index is 2.03. The summed E-state index contributed by atoms with van der Waals surface area (Å²) in [6.07, 6.45) is 4.84. The van der Waals surface area contributed by atoms with Crippen molar-refractivity contribution in [1.82, 2.24) is 20.1 Å². The van der Waals surface area contributed by atoms with Gasteiger partial charge in [-0.1, -0.05) is 6.07 Å². The lowest BCUT2D eigenvalue weighted by Crippen LogP contribution is -2.58. The first-order valence-electron chi connectivity index (χ1n) is 6.65. The normalized spacial score (nSPS) is 24.1. The van der Waals surface area contributed by atoms with E-state index in [-0.39, 0.29) is 0 Å². The van der Waals surface area contributed by atoms with Gasteiger partial charge in [-0.25, -0.2) is 0 Å². The molecule has 2 rings (SSSR count). The molecule has 1 saturated heterocycles. The van der Waals surface area contributed by atoms with E-state index >= 15 is 0 Å². The number of hydrogen-bond donors (Lipinski definition) is 1. The maximum atomic E-state index is 4.20. The lowest BCUT2D eigenvalue weighted by molar-refractivity contribution is 0.0897. The van der Waals surface area contributed by atoms with E-state index < -0.39 is 0 Å². The Morgan fingerprint density at radius 3 is 2.94 bits per heavy atom. The van der Waals surface area contributed by atoms with Crippen molar-refractivity contribution in [2.75, 3.05) is 40.8 Å². The summed E-state index contributed by atoms with van der Waals surface area (Å²) in [7, 11) is 6.49. The van der Waals surface area contributed by atoms with Crippen LogP contribution in [0.1, 0.15) is 5.56 Å². The van der Waals surface area contributed by atoms with Crippen molar-refractivity contribution in [3.8, 4) is 0 Å². The summed E-state index contributed by atoms with van der Waals surface area (Å²) < 4.78 is 0. The second-order valence-corrected chi connectivity index (χ2v) is 5.27. The molecule has 0 aliphatic carbocycles. The van der Waals surface area contributed by atoms with E-state index in [0.717, 1.165) is 26.1 Å². The third-order valence-corrected chi connectivity index (χ3v) is 3.91. The molecule has 1 N–H and O–H groups in total. The fraction of sp³-hybridized carbons (Fsp3) is 0.643. The van der Waals surface area contributed by atoms with Crippen molar-refractivity contribution >= 4 is 0 Å². The standard InChI is InChI=1S/C14H24N4/c1-15-13(9-12-5-4-6-16-10-12)14-11-17(2)7-8-18(14)3/h4-6,10,13-15H,7-9,11H2,1-3H3. The Kier molecular flexibility index (Phi) is 4.69. The van der Waals surface area contributed by atoms with Gasteiger partial charge in [0, 0.05) is 44.1 Å². The zero-order chi connectivity index (χ0) is 13.0. The van der Waals surface area contributed by atoms with Crippen molar-refractivity contribution in [2.24, 2.45) is 0 Å². The molecule has 2 unspecified atom stereocenters. The van der Waals surface area contributed by atoms with Gasteiger partial charge in [-0.15, -0.1) is 0 Å². The van der Waals surface area contributed by atoms with Crippen LogP contribution in [0.2, 0.25) is 0 Å². The highest BCUT2D eigenvalue weighted by molar-refractivity contribution is 5.11. The highest BCUT2D eigenvalue weighted by Crippen LogP contribution is 2.13. The first-order valence-corrected chi connectivity index (χ1v) is 6.65. The molecule has 0 saturated carbocycles. The Bertz CT molecular complexity index is 354. The molecule has 1 aromatic rings. The van der Waals surface area contributed by atoms with Crippen molar-refractivity contribution in [3.05, 3.63) is 30.1 Å². The SMILES string of the molecule is CNC(Cc1cccnc1)C1CN(C)CCN1C. The molecule has 2 atom stereocenters. The van der Waals surface area contributed by atoms with Crippen molar-refractivity contribution < 1.29 is 0 Å². The van der Waals surface area contributed by atoms with Gasteiger partial charge in [0.15, 0.2) is 0 Å². The fourth-order valence-corrected chi connectivity index (χ4v) is 2.68. The molecule has 18 heavy (non-hydrogen) atoms. The maximum absolute atomic E-state index is 4.20. The van der Waals surface area contributed by atoms with Crippen LogP contribution in [0.25, 0.3) is 0 Å². The monoisotopic (exact) mass is 248 g/mol. The lowest BCUT2D eigenvalue weighted by atomic mass is 9.97. The highest BCUT2D eigenvalue weighted by atomic mass is 15.3. The first kappa shape index (κ1) is 13.5. The molecule has 0 bridgehead atoms. The zero-order valence-electron chi connectivity index (χ0n) is 11.6. The second-order valence-electron chi connectivity index (χ2n) is 5.27. The largest absolute Gasteiger partial charge is 0.315 e. The number of likely N-dealkylation sites (N-methyl/N-ethyl adjacent to an activating group) is 3. The van der Waals surface area contributed by atoms with Gasteiger partial charge < -0.3 is 10.2 Å². The van der Waals surface area contributed by atoms with E-state index in [2.05, 4.69) is 47.3 Å². The predicted molar refractivity (Wildman–Crippen MR) is 74.7 cm³/mol. The molecule has 0 aromatic carbocycles. The number of pyridine rings is 1. The second kappa shape index (κ2) is 6.27. The number of hydrogen-bond acceptors (Lipinski definition) is 4. The van der Waals surface area contributed by atoms with Crippen molar-refractivity contribution in [1.29, 1.82) is 0 Å². The van der Waals surface area contributed by atoms with Crippen molar-refractivity contribution in [2.45, 2.75) is 18.5 Å². The van der Waals surface area contributed by atoms with Gasteiger partial charge in [-0.2, -0.15) is 0 Å². The van der Waals surface area contributed by atoms with E-state index in [0.29, 0.717) is 12.1 Å². The van der Waals surface area contributed by atoms with Crippen LogP contribution in [0.5, 0.6) is 0 Å². The molecular formula is C14H24N4. The van der Waals surface area contributed by atoms with Crippen LogP contribution < -0.4 is 5.32 Å². The average molecular weight is 248 g/mol. The fourth-order valence-electron chi connectivity index (χ4n) is 2.68. The Labute approximate surface area is 110 Å². The molecular weight excluding hydrogens is 224 g/mol. The van der Waals surface area contributed by atoms with Gasteiger partial charge in [-0.05, 0) is 39.2 Å². The van der Waals surface area contributed by atoms with Crippen LogP contribution in [0.4, 0.5) is 0 Å². The van der Waals surface area contributed by atoms with E-state index in [1.807, 2.05) is 18.5 Å². The minimum atomic E-state index is 0.474. The van der Waals surface area contributed by atoms with E-state index in [1.165, 1.54) is 5.56 Å². The van der Waals surface area contributed by atoms with Gasteiger partial charge in [0.05, 0.1) is 0 Å². The minimum absolute atomic E-state index is 0.474. The van der Waals surface area contributed by atoms with Crippen LogP contribution in [0, 0.1) is 0 Å². The summed E-state index contributed by atoms with van der Waals surface area (Å²) >= 11 is 0. The molecule has 1 aliphatic rings. The number of aromatic nitrogens is 1. The van der Waals surface area contributed by atoms with E-state index in [1.54, 1.807) is 0 Å². The molecule has 2 heterocycles. The lowest BCUT2D eigenvalue weighted by Gasteiger charge is -2.42. The molecule has 4 heteroatoms. The Morgan fingerprint density at radius 2 is 2.28 bits per heavy atom. The molecule has 1 fully saturated rings. The zero-order valence-corrected chi connectivity index (χ0v) is 11.6. The van der Waals surface area contributed by atoms with Gasteiger partial charge >= 0.3 is 0 Å². The molecule has 1 aliphatic heterocycles. The summed E-state index contributed by atoms with van der Waals surface area (Å²) in [6.45, 7) is 3.44. The molecule has 1 aromatic heterocycles. The third kappa shape index (κ3) is 3.28. The van der Waals surface area contributed by atoms with Crippen LogP contribution in [0.3, 0.4) is 0 Å². The summed E-state index contributed by atoms with van der Waals surface area (Å²) in [5.74, 6) is 0. The third-order valence-electron chi connectivity index (χ3n) is 3.91. The average Bonchev–Trinajstić information content (AvgIpc) is 2.40.